The van der Waals surface area contributed by atoms with Crippen LogP contribution in [-0.4, -0.2) is 36.6 Å². The van der Waals surface area contributed by atoms with Gasteiger partial charge in [0.1, 0.15) is 0 Å². The van der Waals surface area contributed by atoms with Crippen molar-refractivity contribution in [2.75, 3.05) is 19.6 Å². The van der Waals surface area contributed by atoms with Crippen molar-refractivity contribution in [1.82, 2.24) is 10.2 Å². The molecule has 21 heavy (non-hydrogen) atoms. The number of hydrogen-bond acceptors (Lipinski definition) is 2. The topological polar surface area (TPSA) is 15.3 Å². The normalized spacial score (nSPS) is 45.3. The van der Waals surface area contributed by atoms with Gasteiger partial charge in [0, 0.05) is 18.6 Å². The second kappa shape index (κ2) is 7.00. The van der Waals surface area contributed by atoms with Crippen molar-refractivity contribution in [2.45, 2.75) is 77.8 Å². The van der Waals surface area contributed by atoms with Gasteiger partial charge in [-0.05, 0) is 62.4 Å². The van der Waals surface area contributed by atoms with Crippen LogP contribution in [0.25, 0.3) is 0 Å². The monoisotopic (exact) mass is 292 g/mol. The molecule has 6 atom stereocenters. The molecule has 2 aliphatic carbocycles. The highest BCUT2D eigenvalue weighted by Crippen LogP contribution is 2.40. The standard InChI is InChI=1S/C19H36N2/c1-4-20-18-12-14(2)11-15(3)19(18)21-10-9-16-7-5-6-8-17(16)13-21/h14-20H,4-13H2,1-3H3. The van der Waals surface area contributed by atoms with E-state index in [1.54, 1.807) is 0 Å². The third kappa shape index (κ3) is 3.47. The largest absolute Gasteiger partial charge is 0.313 e. The van der Waals surface area contributed by atoms with E-state index in [1.165, 1.54) is 58.0 Å². The first kappa shape index (κ1) is 15.8. The first-order valence-corrected chi connectivity index (χ1v) is 9.66. The minimum absolute atomic E-state index is 0.730. The summed E-state index contributed by atoms with van der Waals surface area (Å²) < 4.78 is 0. The molecule has 122 valence electrons. The van der Waals surface area contributed by atoms with Gasteiger partial charge in [0.05, 0.1) is 0 Å². The highest BCUT2D eigenvalue weighted by Gasteiger charge is 2.41. The first-order chi connectivity index (χ1) is 10.2. The Morgan fingerprint density at radius 3 is 2.52 bits per heavy atom. The summed E-state index contributed by atoms with van der Waals surface area (Å²) in [6.07, 6.45) is 10.3. The second-order valence-corrected chi connectivity index (χ2v) is 8.30. The Labute approximate surface area is 132 Å². The van der Waals surface area contributed by atoms with Crippen molar-refractivity contribution in [1.29, 1.82) is 0 Å². The molecule has 0 aromatic carbocycles. The van der Waals surface area contributed by atoms with Gasteiger partial charge in [-0.25, -0.2) is 0 Å². The Bertz CT molecular complexity index is 330. The molecule has 0 spiro atoms. The zero-order valence-electron chi connectivity index (χ0n) is 14.5. The minimum atomic E-state index is 0.730. The number of hydrogen-bond donors (Lipinski definition) is 1. The Morgan fingerprint density at radius 2 is 1.76 bits per heavy atom. The van der Waals surface area contributed by atoms with Gasteiger partial charge in [0.2, 0.25) is 0 Å². The van der Waals surface area contributed by atoms with Gasteiger partial charge in [-0.2, -0.15) is 0 Å². The van der Waals surface area contributed by atoms with E-state index in [1.807, 2.05) is 0 Å². The SMILES string of the molecule is CCNC1CC(C)CC(C)C1N1CCC2CCCCC2C1. The van der Waals surface area contributed by atoms with E-state index in [0.717, 1.165) is 42.3 Å². The number of nitrogens with one attached hydrogen (secondary N) is 1. The molecule has 2 saturated carbocycles. The van der Waals surface area contributed by atoms with Gasteiger partial charge in [0.25, 0.3) is 0 Å². The van der Waals surface area contributed by atoms with Crippen molar-refractivity contribution in [3.8, 4) is 0 Å². The van der Waals surface area contributed by atoms with Crippen LogP contribution >= 0.6 is 0 Å². The maximum Gasteiger partial charge on any atom is 0.0275 e. The Balaban J connectivity index is 1.68. The number of piperidine rings is 1. The molecule has 1 saturated heterocycles. The number of fused-ring (bicyclic) bond motifs is 1. The second-order valence-electron chi connectivity index (χ2n) is 8.30. The van der Waals surface area contributed by atoms with Crippen molar-refractivity contribution < 1.29 is 0 Å². The van der Waals surface area contributed by atoms with Gasteiger partial charge < -0.3 is 5.32 Å². The van der Waals surface area contributed by atoms with Crippen molar-refractivity contribution in [3.63, 3.8) is 0 Å². The molecular weight excluding hydrogens is 256 g/mol. The fraction of sp³-hybridized carbons (Fsp3) is 1.00. The molecule has 0 aromatic heterocycles. The molecule has 0 radical (unpaired) electrons. The Kier molecular flexibility index (Phi) is 5.27. The third-order valence-corrected chi connectivity index (χ3v) is 6.64. The summed E-state index contributed by atoms with van der Waals surface area (Å²) in [4.78, 5) is 2.90. The summed E-state index contributed by atoms with van der Waals surface area (Å²) in [6, 6.07) is 1.53. The summed E-state index contributed by atoms with van der Waals surface area (Å²) in [5.74, 6) is 3.83. The lowest BCUT2D eigenvalue weighted by molar-refractivity contribution is 0.00141. The predicted octanol–water partition coefficient (Wildman–Crippen LogP) is 3.91. The van der Waals surface area contributed by atoms with Crippen molar-refractivity contribution in [2.24, 2.45) is 23.7 Å². The van der Waals surface area contributed by atoms with E-state index in [2.05, 4.69) is 31.0 Å². The zero-order valence-corrected chi connectivity index (χ0v) is 14.5. The number of rotatable bonds is 3. The highest BCUT2D eigenvalue weighted by atomic mass is 15.2. The smallest absolute Gasteiger partial charge is 0.0275 e. The van der Waals surface area contributed by atoms with E-state index in [4.69, 9.17) is 0 Å². The molecule has 3 aliphatic rings. The number of likely N-dealkylation sites (tertiary alicyclic amines) is 1. The molecule has 0 bridgehead atoms. The van der Waals surface area contributed by atoms with Crippen LogP contribution in [0.1, 0.15) is 65.7 Å². The maximum atomic E-state index is 3.82. The molecule has 1 N–H and O–H groups in total. The van der Waals surface area contributed by atoms with E-state index < -0.39 is 0 Å². The van der Waals surface area contributed by atoms with Crippen LogP contribution in [0.3, 0.4) is 0 Å². The molecule has 3 fully saturated rings. The lowest BCUT2D eigenvalue weighted by Gasteiger charge is -2.51. The minimum Gasteiger partial charge on any atom is -0.313 e. The van der Waals surface area contributed by atoms with Crippen LogP contribution in [0.4, 0.5) is 0 Å². The van der Waals surface area contributed by atoms with Crippen molar-refractivity contribution in [3.05, 3.63) is 0 Å². The third-order valence-electron chi connectivity index (χ3n) is 6.64. The van der Waals surface area contributed by atoms with Gasteiger partial charge in [0.15, 0.2) is 0 Å². The van der Waals surface area contributed by atoms with Crippen LogP contribution < -0.4 is 5.32 Å². The first-order valence-electron chi connectivity index (χ1n) is 9.66. The van der Waals surface area contributed by atoms with Crippen LogP contribution in [0.5, 0.6) is 0 Å². The summed E-state index contributed by atoms with van der Waals surface area (Å²) in [7, 11) is 0. The van der Waals surface area contributed by atoms with Crippen LogP contribution in [0.15, 0.2) is 0 Å². The molecule has 2 heteroatoms. The molecule has 1 aliphatic heterocycles. The van der Waals surface area contributed by atoms with Gasteiger partial charge in [-0.15, -0.1) is 0 Å². The fourth-order valence-corrected chi connectivity index (χ4v) is 5.82. The van der Waals surface area contributed by atoms with Gasteiger partial charge in [-0.3, -0.25) is 4.90 Å². The summed E-state index contributed by atoms with van der Waals surface area (Å²) in [5, 5.41) is 3.82. The molecule has 0 amide bonds. The number of nitrogens with zero attached hydrogens (tertiary/aromatic N) is 1. The molecule has 1 heterocycles. The predicted molar refractivity (Wildman–Crippen MR) is 90.5 cm³/mol. The molecule has 2 nitrogen and oxygen atoms in total. The summed E-state index contributed by atoms with van der Waals surface area (Å²) in [5.41, 5.74) is 0. The lowest BCUT2D eigenvalue weighted by Crippen LogP contribution is -2.59. The number of likely N-dealkylation sites (N-methyl/N-ethyl adjacent to an activating group) is 1. The summed E-state index contributed by atoms with van der Waals surface area (Å²) in [6.45, 7) is 11.1. The molecule has 3 rings (SSSR count). The fourth-order valence-electron chi connectivity index (χ4n) is 5.82. The molecular formula is C19H36N2. The van der Waals surface area contributed by atoms with Crippen LogP contribution in [0, 0.1) is 23.7 Å². The molecule has 0 aromatic rings. The average molecular weight is 293 g/mol. The zero-order chi connectivity index (χ0) is 14.8. The van der Waals surface area contributed by atoms with E-state index in [9.17, 15) is 0 Å². The van der Waals surface area contributed by atoms with Gasteiger partial charge in [-0.1, -0.05) is 40.0 Å². The summed E-state index contributed by atoms with van der Waals surface area (Å²) >= 11 is 0. The van der Waals surface area contributed by atoms with Gasteiger partial charge >= 0.3 is 0 Å². The van der Waals surface area contributed by atoms with Crippen molar-refractivity contribution >= 4 is 0 Å². The quantitative estimate of drug-likeness (QED) is 0.848. The molecule has 6 unspecified atom stereocenters. The van der Waals surface area contributed by atoms with E-state index >= 15 is 0 Å². The van der Waals surface area contributed by atoms with E-state index in [0.29, 0.717) is 0 Å². The average Bonchev–Trinajstić information content (AvgIpc) is 2.46. The highest BCUT2D eigenvalue weighted by molar-refractivity contribution is 4.96. The Morgan fingerprint density at radius 1 is 1.00 bits per heavy atom. The lowest BCUT2D eigenvalue weighted by atomic mass is 9.71. The van der Waals surface area contributed by atoms with Crippen LogP contribution in [-0.2, 0) is 0 Å². The van der Waals surface area contributed by atoms with E-state index in [-0.39, 0.29) is 0 Å². The Hall–Kier alpha value is -0.0800. The maximum absolute atomic E-state index is 3.82. The van der Waals surface area contributed by atoms with Crippen LogP contribution in [0.2, 0.25) is 0 Å².